The maximum atomic E-state index is 12.0. The van der Waals surface area contributed by atoms with Crippen molar-refractivity contribution in [3.8, 4) is 27.4 Å². The van der Waals surface area contributed by atoms with Gasteiger partial charge in [-0.1, -0.05) is 90.2 Å². The van der Waals surface area contributed by atoms with Crippen LogP contribution in [0.5, 0.6) is 0 Å². The van der Waals surface area contributed by atoms with Gasteiger partial charge in [-0.25, -0.2) is 13.4 Å². The lowest BCUT2D eigenvalue weighted by atomic mass is 10.1. The van der Waals surface area contributed by atoms with Crippen LogP contribution in [0.3, 0.4) is 0 Å². The summed E-state index contributed by atoms with van der Waals surface area (Å²) in [5.41, 5.74) is 4.88. The second-order valence-corrected chi connectivity index (χ2v) is 10.8. The van der Waals surface area contributed by atoms with Crippen LogP contribution in [-0.4, -0.2) is 19.2 Å². The molecule has 0 aliphatic carbocycles. The van der Waals surface area contributed by atoms with Crippen molar-refractivity contribution in [3.63, 3.8) is 0 Å². The van der Waals surface area contributed by atoms with Crippen molar-refractivity contribution in [2.45, 2.75) is 4.90 Å². The molecule has 0 aliphatic rings. The van der Waals surface area contributed by atoms with Crippen molar-refractivity contribution < 1.29 is 8.42 Å². The molecule has 0 saturated heterocycles. The van der Waals surface area contributed by atoms with Gasteiger partial charge in [0, 0.05) is 17.5 Å². The monoisotopic (exact) mass is 482 g/mol. The molecular formula is C28H22N2O2S2. The first-order chi connectivity index (χ1) is 16.5. The Labute approximate surface area is 203 Å². The van der Waals surface area contributed by atoms with Crippen molar-refractivity contribution in [2.24, 2.45) is 4.99 Å². The van der Waals surface area contributed by atoms with Crippen LogP contribution in [-0.2, 0) is 9.84 Å². The van der Waals surface area contributed by atoms with Crippen LogP contribution in [0, 0.1) is 0 Å². The number of hydrogen-bond acceptors (Lipinski definition) is 4. The van der Waals surface area contributed by atoms with E-state index in [0.29, 0.717) is 4.90 Å². The van der Waals surface area contributed by atoms with Crippen LogP contribution in [0.1, 0.15) is 0 Å². The van der Waals surface area contributed by atoms with Gasteiger partial charge in [-0.15, -0.1) is 0 Å². The van der Waals surface area contributed by atoms with E-state index in [9.17, 15) is 8.42 Å². The van der Waals surface area contributed by atoms with E-state index >= 15 is 0 Å². The SMILES string of the molecule is CS(=O)(=O)c1ccc(-c2sc(=Nc3ccccc3)n(-c3ccccc3)c2-c2ccccc2)cc1. The minimum absolute atomic E-state index is 0.305. The number of nitrogens with zero attached hydrogens (tertiary/aromatic N) is 2. The first kappa shape index (κ1) is 22.1. The number of benzene rings is 4. The van der Waals surface area contributed by atoms with Crippen molar-refractivity contribution in [2.75, 3.05) is 6.26 Å². The molecule has 0 atom stereocenters. The van der Waals surface area contributed by atoms with E-state index in [0.717, 1.165) is 37.9 Å². The van der Waals surface area contributed by atoms with E-state index in [4.69, 9.17) is 4.99 Å². The Balaban J connectivity index is 1.84. The maximum Gasteiger partial charge on any atom is 0.195 e. The largest absolute Gasteiger partial charge is 0.284 e. The average molecular weight is 483 g/mol. The van der Waals surface area contributed by atoms with Gasteiger partial charge < -0.3 is 0 Å². The maximum absolute atomic E-state index is 12.0. The quantitative estimate of drug-likeness (QED) is 0.287. The van der Waals surface area contributed by atoms with Gasteiger partial charge >= 0.3 is 0 Å². The zero-order chi connectivity index (χ0) is 23.5. The number of rotatable bonds is 5. The molecule has 0 fully saturated rings. The zero-order valence-electron chi connectivity index (χ0n) is 18.5. The van der Waals surface area contributed by atoms with Crippen molar-refractivity contribution >= 4 is 26.9 Å². The molecule has 5 rings (SSSR count). The molecule has 0 amide bonds. The fourth-order valence-corrected chi connectivity index (χ4v) is 5.60. The normalized spacial score (nSPS) is 12.1. The molecule has 0 saturated carbocycles. The molecule has 1 heterocycles. The highest BCUT2D eigenvalue weighted by Gasteiger charge is 2.19. The summed E-state index contributed by atoms with van der Waals surface area (Å²) in [5.74, 6) is 0. The van der Waals surface area contributed by atoms with Crippen LogP contribution < -0.4 is 4.80 Å². The van der Waals surface area contributed by atoms with Gasteiger partial charge in [-0.3, -0.25) is 4.57 Å². The van der Waals surface area contributed by atoms with Gasteiger partial charge in [0.2, 0.25) is 0 Å². The van der Waals surface area contributed by atoms with Gasteiger partial charge in [0.1, 0.15) is 0 Å². The first-order valence-corrected chi connectivity index (χ1v) is 13.5. The summed E-state index contributed by atoms with van der Waals surface area (Å²) in [4.78, 5) is 7.15. The highest BCUT2D eigenvalue weighted by molar-refractivity contribution is 7.90. The molecule has 0 radical (unpaired) electrons. The van der Waals surface area contributed by atoms with E-state index in [1.165, 1.54) is 6.26 Å². The predicted molar refractivity (Wildman–Crippen MR) is 139 cm³/mol. The number of para-hydroxylation sites is 2. The Hall–Kier alpha value is -3.74. The zero-order valence-corrected chi connectivity index (χ0v) is 20.1. The summed E-state index contributed by atoms with van der Waals surface area (Å²) in [6.07, 6.45) is 1.22. The Kier molecular flexibility index (Phi) is 6.01. The number of aromatic nitrogens is 1. The van der Waals surface area contributed by atoms with Gasteiger partial charge in [0.05, 0.1) is 21.2 Å². The highest BCUT2D eigenvalue weighted by atomic mass is 32.2. The summed E-state index contributed by atoms with van der Waals surface area (Å²) < 4.78 is 26.2. The Bertz CT molecular complexity index is 1590. The highest BCUT2D eigenvalue weighted by Crippen LogP contribution is 2.37. The fourth-order valence-electron chi connectivity index (χ4n) is 3.79. The molecule has 4 aromatic carbocycles. The molecule has 1 aromatic heterocycles. The Morgan fingerprint density at radius 1 is 0.676 bits per heavy atom. The molecule has 0 spiro atoms. The summed E-state index contributed by atoms with van der Waals surface area (Å²) >= 11 is 1.58. The lowest BCUT2D eigenvalue weighted by Crippen LogP contribution is -2.13. The lowest BCUT2D eigenvalue weighted by molar-refractivity contribution is 0.602. The standard InChI is InChI=1S/C28H22N2O2S2/c1-34(31,32)25-19-17-22(18-20-25)27-26(21-11-5-2-6-12-21)30(24-15-9-4-10-16-24)28(33-27)29-23-13-7-3-8-14-23/h2-20H,1H3. The second kappa shape index (κ2) is 9.25. The smallest absolute Gasteiger partial charge is 0.195 e. The predicted octanol–water partition coefficient (Wildman–Crippen LogP) is 6.51. The summed E-state index contributed by atoms with van der Waals surface area (Å²) in [6.45, 7) is 0. The molecule has 4 nitrogen and oxygen atoms in total. The molecule has 6 heteroatoms. The van der Waals surface area contributed by atoms with Crippen LogP contribution in [0.25, 0.3) is 27.4 Å². The molecule has 168 valence electrons. The third kappa shape index (κ3) is 4.51. The van der Waals surface area contributed by atoms with E-state index in [2.05, 4.69) is 28.8 Å². The molecular weight excluding hydrogens is 460 g/mol. The van der Waals surface area contributed by atoms with Crippen molar-refractivity contribution in [3.05, 3.63) is 120 Å². The lowest BCUT2D eigenvalue weighted by Gasteiger charge is -2.12. The van der Waals surface area contributed by atoms with Crippen LogP contribution >= 0.6 is 11.3 Å². The molecule has 5 aromatic rings. The number of sulfone groups is 1. The second-order valence-electron chi connectivity index (χ2n) is 7.84. The van der Waals surface area contributed by atoms with E-state index in [1.807, 2.05) is 78.9 Å². The minimum atomic E-state index is -3.27. The van der Waals surface area contributed by atoms with Crippen LogP contribution in [0.15, 0.2) is 125 Å². The Morgan fingerprint density at radius 3 is 1.82 bits per heavy atom. The van der Waals surface area contributed by atoms with Gasteiger partial charge in [-0.2, -0.15) is 0 Å². The third-order valence-corrected chi connectivity index (χ3v) is 7.63. The number of hydrogen-bond donors (Lipinski definition) is 0. The topological polar surface area (TPSA) is 51.4 Å². The molecule has 0 N–H and O–H groups in total. The van der Waals surface area contributed by atoms with Crippen LogP contribution in [0.2, 0.25) is 0 Å². The fraction of sp³-hybridized carbons (Fsp3) is 0.0357. The summed E-state index contributed by atoms with van der Waals surface area (Å²) in [7, 11) is -3.27. The average Bonchev–Trinajstić information content (AvgIpc) is 3.24. The molecule has 0 unspecified atom stereocenters. The molecule has 0 bridgehead atoms. The van der Waals surface area contributed by atoms with Gasteiger partial charge in [0.25, 0.3) is 0 Å². The van der Waals surface area contributed by atoms with E-state index in [1.54, 1.807) is 23.5 Å². The third-order valence-electron chi connectivity index (χ3n) is 5.41. The van der Waals surface area contributed by atoms with Gasteiger partial charge in [0.15, 0.2) is 14.6 Å². The van der Waals surface area contributed by atoms with Crippen molar-refractivity contribution in [1.82, 2.24) is 4.57 Å². The number of thiazole rings is 1. The van der Waals surface area contributed by atoms with Gasteiger partial charge in [-0.05, 0) is 42.0 Å². The van der Waals surface area contributed by atoms with E-state index in [-0.39, 0.29) is 0 Å². The summed E-state index contributed by atoms with van der Waals surface area (Å²) in [6, 6.07) is 37.3. The minimum Gasteiger partial charge on any atom is -0.284 e. The summed E-state index contributed by atoms with van der Waals surface area (Å²) in [5, 5.41) is 0. The molecule has 0 aliphatic heterocycles. The first-order valence-electron chi connectivity index (χ1n) is 10.8. The Morgan fingerprint density at radius 2 is 1.24 bits per heavy atom. The molecule has 34 heavy (non-hydrogen) atoms. The van der Waals surface area contributed by atoms with Crippen LogP contribution in [0.4, 0.5) is 5.69 Å². The van der Waals surface area contributed by atoms with E-state index < -0.39 is 9.84 Å². The van der Waals surface area contributed by atoms with Crippen molar-refractivity contribution in [1.29, 1.82) is 0 Å².